The van der Waals surface area contributed by atoms with E-state index in [1.807, 2.05) is 18.2 Å². The van der Waals surface area contributed by atoms with Gasteiger partial charge in [0, 0.05) is 30.8 Å². The Morgan fingerprint density at radius 2 is 1.73 bits per heavy atom. The first-order valence-corrected chi connectivity index (χ1v) is 21.1. The van der Waals surface area contributed by atoms with Crippen LogP contribution in [0.25, 0.3) is 10.9 Å². The third-order valence-electron chi connectivity index (χ3n) is 13.3. The minimum absolute atomic E-state index is 0.0555. The largest absolute Gasteiger partial charge is 0.489 e. The maximum atomic E-state index is 14.9. The fraction of sp³-hybridized carbons (Fsp3) is 0.651. The number of aromatic nitrogens is 1. The molecule has 56 heavy (non-hydrogen) atoms. The lowest BCUT2D eigenvalue weighted by molar-refractivity contribution is -0.142. The number of piperidine rings is 1. The minimum atomic E-state index is -1.25. The quantitative estimate of drug-likeness (QED) is 0.336. The van der Waals surface area contributed by atoms with Gasteiger partial charge in [0.1, 0.15) is 41.7 Å². The van der Waals surface area contributed by atoms with Crippen molar-refractivity contribution in [3.8, 4) is 11.6 Å². The summed E-state index contributed by atoms with van der Waals surface area (Å²) in [5.41, 5.74) is 6.24. The number of alkyl carbamates (subject to hydrolysis) is 1. The molecule has 5 fully saturated rings. The highest BCUT2D eigenvalue weighted by Crippen LogP contribution is 2.45. The molecule has 2 bridgehead atoms. The molecule has 2 aromatic rings. The molecule has 0 spiro atoms. The lowest BCUT2D eigenvalue weighted by Crippen LogP contribution is -2.58. The predicted octanol–water partition coefficient (Wildman–Crippen LogP) is 4.78. The Hall–Kier alpha value is -4.39. The van der Waals surface area contributed by atoms with Gasteiger partial charge in [-0.15, -0.1) is 6.58 Å². The van der Waals surface area contributed by atoms with Gasteiger partial charge < -0.3 is 40.4 Å². The Bertz CT molecular complexity index is 1820. The van der Waals surface area contributed by atoms with Crippen molar-refractivity contribution in [2.75, 3.05) is 26.7 Å². The van der Waals surface area contributed by atoms with Gasteiger partial charge in [-0.3, -0.25) is 14.4 Å². The van der Waals surface area contributed by atoms with Gasteiger partial charge in [-0.2, -0.15) is 0 Å². The van der Waals surface area contributed by atoms with Crippen molar-refractivity contribution in [1.29, 1.82) is 0 Å². The van der Waals surface area contributed by atoms with E-state index in [9.17, 15) is 19.2 Å². The van der Waals surface area contributed by atoms with Crippen LogP contribution in [0.3, 0.4) is 0 Å². The number of para-hydroxylation sites is 1. The first-order valence-electron chi connectivity index (χ1n) is 21.1. The van der Waals surface area contributed by atoms with Crippen molar-refractivity contribution in [2.24, 2.45) is 23.5 Å². The number of benzene rings is 1. The highest BCUT2D eigenvalue weighted by Gasteiger charge is 2.60. The molecular formula is C43H58N6O7. The van der Waals surface area contributed by atoms with Crippen molar-refractivity contribution >= 4 is 34.7 Å². The molecule has 4 N–H and O–H groups in total. The van der Waals surface area contributed by atoms with Gasteiger partial charge in [-0.1, -0.05) is 50.3 Å². The van der Waals surface area contributed by atoms with E-state index in [-0.39, 0.29) is 42.9 Å². The topological polar surface area (TPSA) is 165 Å². The summed E-state index contributed by atoms with van der Waals surface area (Å²) in [6.07, 6.45) is 12.6. The van der Waals surface area contributed by atoms with Gasteiger partial charge >= 0.3 is 6.09 Å². The molecule has 7 atom stereocenters. The number of nitrogens with one attached hydrogen (secondary N) is 2. The molecule has 1 aromatic carbocycles. The number of nitrogens with two attached hydrogens (primary N) is 1. The van der Waals surface area contributed by atoms with E-state index in [1.165, 1.54) is 0 Å². The van der Waals surface area contributed by atoms with Gasteiger partial charge in [0.15, 0.2) is 0 Å². The number of ether oxygens (including phenoxy) is 3. The highest BCUT2D eigenvalue weighted by atomic mass is 16.6. The fourth-order valence-electron chi connectivity index (χ4n) is 9.70. The number of likely N-dealkylation sites (tertiary alicyclic amines) is 1. The maximum Gasteiger partial charge on any atom is 0.408 e. The smallest absolute Gasteiger partial charge is 0.408 e. The lowest BCUT2D eigenvalue weighted by Gasteiger charge is -2.34. The molecule has 0 radical (unpaired) electrons. The van der Waals surface area contributed by atoms with Crippen molar-refractivity contribution in [3.05, 3.63) is 42.5 Å². The Morgan fingerprint density at radius 1 is 1.00 bits per heavy atom. The van der Waals surface area contributed by atoms with E-state index in [4.69, 9.17) is 24.9 Å². The summed E-state index contributed by atoms with van der Waals surface area (Å²) in [5.74, 6) is -0.305. The van der Waals surface area contributed by atoms with E-state index in [0.29, 0.717) is 24.6 Å². The van der Waals surface area contributed by atoms with E-state index in [2.05, 4.69) is 35.2 Å². The van der Waals surface area contributed by atoms with Gasteiger partial charge in [0.25, 0.3) is 0 Å². The molecule has 3 aliphatic carbocycles. The van der Waals surface area contributed by atoms with Crippen molar-refractivity contribution in [2.45, 2.75) is 132 Å². The maximum absolute atomic E-state index is 14.9. The first-order chi connectivity index (χ1) is 27.1. The Kier molecular flexibility index (Phi) is 11.2. The second kappa shape index (κ2) is 16.2. The average molecular weight is 771 g/mol. The Balaban J connectivity index is 1.16. The standard InChI is InChI=1S/C43H58N6O7/c1-3-28-24-43(28,41(44)52)47-38(50)34-23-30-25-49(34)40(51)36(26-12-6-4-7-13-26)46-42(53)56-35-22-27(35)14-8-5-9-16-32-37(54-29-18-20-48(2)21-19-29)31-15-10-11-17-33(31)45-39(32)55-30/h3,10-11,15,17,26-30,34-36H,1,4-9,12-14,16,18-25H2,2H3,(H2,44,52)(H,46,53)(H,47,50)/t27-,28-,30-,34+,35-,36+,43-/m1/s1. The summed E-state index contributed by atoms with van der Waals surface area (Å²) in [6, 6.07) is 6.14. The molecular weight excluding hydrogens is 713 g/mol. The fourth-order valence-corrected chi connectivity index (χ4v) is 9.70. The van der Waals surface area contributed by atoms with E-state index in [0.717, 1.165) is 112 Å². The van der Waals surface area contributed by atoms with E-state index < -0.39 is 41.6 Å². The molecule has 3 aliphatic heterocycles. The Morgan fingerprint density at radius 3 is 2.46 bits per heavy atom. The summed E-state index contributed by atoms with van der Waals surface area (Å²) in [4.78, 5) is 64.2. The zero-order valence-corrected chi connectivity index (χ0v) is 32.7. The summed E-state index contributed by atoms with van der Waals surface area (Å²) in [5, 5.41) is 6.84. The summed E-state index contributed by atoms with van der Waals surface area (Å²) < 4.78 is 19.7. The van der Waals surface area contributed by atoms with Crippen LogP contribution in [0.2, 0.25) is 0 Å². The molecule has 302 valence electrons. The molecule has 4 heterocycles. The number of hydrogen-bond donors (Lipinski definition) is 3. The highest BCUT2D eigenvalue weighted by molar-refractivity contribution is 5.98. The molecule has 4 amide bonds. The molecule has 0 unspecified atom stereocenters. The number of pyridine rings is 1. The van der Waals surface area contributed by atoms with Gasteiger partial charge in [-0.05, 0) is 88.8 Å². The van der Waals surface area contributed by atoms with Crippen LogP contribution in [-0.2, 0) is 25.5 Å². The molecule has 13 nitrogen and oxygen atoms in total. The molecule has 6 aliphatic rings. The van der Waals surface area contributed by atoms with Crippen molar-refractivity contribution < 1.29 is 33.4 Å². The molecule has 3 saturated carbocycles. The Labute approximate surface area is 329 Å². The SMILES string of the molecule is C=C[C@@H]1C[C@]1(NC(=O)[C@@H]1C[C@@H]2CN1C(=O)[C@H](C1CCCCC1)NC(=O)O[C@@H]1C[C@H]1CCCCCc1c(nc3ccccc3c1OC1CCN(C)CC1)O2)C(N)=O. The second-order valence-corrected chi connectivity index (χ2v) is 17.3. The van der Waals surface area contributed by atoms with Gasteiger partial charge in [0.2, 0.25) is 23.6 Å². The zero-order chi connectivity index (χ0) is 39.0. The molecule has 13 heteroatoms. The van der Waals surface area contributed by atoms with E-state index in [1.54, 1.807) is 11.0 Å². The summed E-state index contributed by atoms with van der Waals surface area (Å²) in [7, 11) is 2.14. The van der Waals surface area contributed by atoms with Crippen LogP contribution in [0.15, 0.2) is 36.9 Å². The number of fused-ring (bicyclic) bond motifs is 5. The third kappa shape index (κ3) is 8.06. The monoisotopic (exact) mass is 770 g/mol. The summed E-state index contributed by atoms with van der Waals surface area (Å²) >= 11 is 0. The molecule has 8 rings (SSSR count). The van der Waals surface area contributed by atoms with Gasteiger partial charge in [0.05, 0.1) is 17.6 Å². The number of hydrogen-bond acceptors (Lipinski definition) is 9. The number of amides is 4. The van der Waals surface area contributed by atoms with Crippen LogP contribution in [0.1, 0.15) is 95.5 Å². The van der Waals surface area contributed by atoms with Crippen molar-refractivity contribution in [3.63, 3.8) is 0 Å². The average Bonchev–Trinajstić information content (AvgIpc) is 4.07. The van der Waals surface area contributed by atoms with Crippen LogP contribution in [-0.4, -0.2) is 101 Å². The second-order valence-electron chi connectivity index (χ2n) is 17.3. The predicted molar refractivity (Wildman–Crippen MR) is 210 cm³/mol. The van der Waals surface area contributed by atoms with Crippen LogP contribution >= 0.6 is 0 Å². The number of nitrogens with zero attached hydrogens (tertiary/aromatic N) is 3. The van der Waals surface area contributed by atoms with Crippen LogP contribution in [0, 0.1) is 17.8 Å². The lowest BCUT2D eigenvalue weighted by atomic mass is 9.83. The normalized spacial score (nSPS) is 32.1. The van der Waals surface area contributed by atoms with Crippen LogP contribution < -0.4 is 25.8 Å². The zero-order valence-electron chi connectivity index (χ0n) is 32.7. The number of rotatable bonds is 7. The van der Waals surface area contributed by atoms with E-state index >= 15 is 0 Å². The number of primary amides is 1. The third-order valence-corrected chi connectivity index (χ3v) is 13.3. The minimum Gasteiger partial charge on any atom is -0.489 e. The number of carbonyl (C=O) groups is 4. The van der Waals surface area contributed by atoms with Gasteiger partial charge in [-0.25, -0.2) is 9.78 Å². The first kappa shape index (κ1) is 38.5. The molecule has 1 aromatic heterocycles. The number of carbonyl (C=O) groups excluding carboxylic acids is 4. The summed E-state index contributed by atoms with van der Waals surface area (Å²) in [6.45, 7) is 5.84. The molecule has 2 saturated heterocycles. The van der Waals surface area contributed by atoms with Crippen LogP contribution in [0.4, 0.5) is 4.79 Å². The van der Waals surface area contributed by atoms with Crippen molar-refractivity contribution in [1.82, 2.24) is 25.4 Å². The van der Waals surface area contributed by atoms with Crippen LogP contribution in [0.5, 0.6) is 11.6 Å².